The normalized spacial score (nSPS) is 17.3. The molecule has 0 spiro atoms. The van der Waals surface area contributed by atoms with Gasteiger partial charge in [0, 0.05) is 38.4 Å². The number of hydrogen-bond donors (Lipinski definition) is 1. The Labute approximate surface area is 149 Å². The maximum absolute atomic E-state index is 12.9. The van der Waals surface area contributed by atoms with Gasteiger partial charge in [0.1, 0.15) is 5.82 Å². The Bertz CT molecular complexity index is 725. The van der Waals surface area contributed by atoms with Crippen molar-refractivity contribution in [2.45, 2.75) is 12.3 Å². The molecule has 1 heterocycles. The summed E-state index contributed by atoms with van der Waals surface area (Å²) in [6.07, 6.45) is -5.08. The third-order valence-electron chi connectivity index (χ3n) is 4.60. The van der Waals surface area contributed by atoms with E-state index in [-0.39, 0.29) is 5.82 Å². The number of β-amino-alcohol motifs (C(OH)–C–C–N with tert-alkyl or cyclic N) is 1. The molecule has 0 amide bonds. The van der Waals surface area contributed by atoms with Crippen LogP contribution in [0.5, 0.6) is 0 Å². The fourth-order valence-corrected chi connectivity index (χ4v) is 3.10. The predicted molar refractivity (Wildman–Crippen MR) is 91.5 cm³/mol. The largest absolute Gasteiger partial charge is 0.416 e. The van der Waals surface area contributed by atoms with Gasteiger partial charge in [-0.05, 0) is 35.9 Å². The van der Waals surface area contributed by atoms with Crippen LogP contribution in [0.4, 0.5) is 23.2 Å². The summed E-state index contributed by atoms with van der Waals surface area (Å²) < 4.78 is 51.5. The topological polar surface area (TPSA) is 26.7 Å². The molecule has 7 heteroatoms. The van der Waals surface area contributed by atoms with E-state index in [1.165, 1.54) is 24.3 Å². The molecule has 0 aliphatic carbocycles. The minimum absolute atomic E-state index is 0.351. The molecule has 0 unspecified atom stereocenters. The zero-order valence-corrected chi connectivity index (χ0v) is 14.1. The first kappa shape index (κ1) is 18.7. The number of anilines is 1. The molecule has 2 aromatic carbocycles. The summed E-state index contributed by atoms with van der Waals surface area (Å²) in [5.41, 5.74) is 0.550. The Hall–Kier alpha value is -2.12. The zero-order valence-electron chi connectivity index (χ0n) is 14.1. The van der Waals surface area contributed by atoms with Gasteiger partial charge in [0.05, 0.1) is 11.7 Å². The number of halogens is 4. The number of aliphatic hydroxyl groups excluding tert-OH is 1. The van der Waals surface area contributed by atoms with E-state index in [2.05, 4.69) is 4.90 Å². The Morgan fingerprint density at radius 3 is 2.23 bits per heavy atom. The molecule has 1 aliphatic heterocycles. The lowest BCUT2D eigenvalue weighted by atomic mass is 10.1. The first-order valence-electron chi connectivity index (χ1n) is 8.41. The summed E-state index contributed by atoms with van der Waals surface area (Å²) in [6.45, 7) is 2.83. The van der Waals surface area contributed by atoms with Gasteiger partial charge in [-0.2, -0.15) is 13.2 Å². The molecule has 0 saturated carbocycles. The SMILES string of the molecule is O[C@@H](CN1CCN(c2cccc(C(F)(F)F)c2)CC1)c1ccc(F)cc1. The number of benzene rings is 2. The van der Waals surface area contributed by atoms with Crippen LogP contribution in [0, 0.1) is 5.82 Å². The summed E-state index contributed by atoms with van der Waals surface area (Å²) in [4.78, 5) is 3.97. The molecule has 1 fully saturated rings. The smallest absolute Gasteiger partial charge is 0.387 e. The van der Waals surface area contributed by atoms with E-state index in [0.717, 1.165) is 6.07 Å². The standard InChI is InChI=1S/C19H20F4N2O/c20-16-6-4-14(5-7-16)18(26)13-24-8-10-25(11-9-24)17-3-1-2-15(12-17)19(21,22)23/h1-7,12,18,26H,8-11,13H2/t18-/m0/s1. The van der Waals surface area contributed by atoms with Crippen molar-refractivity contribution < 1.29 is 22.7 Å². The Morgan fingerprint density at radius 2 is 1.62 bits per heavy atom. The van der Waals surface area contributed by atoms with E-state index in [1.54, 1.807) is 18.2 Å². The molecule has 0 radical (unpaired) electrons. The molecule has 0 bridgehead atoms. The van der Waals surface area contributed by atoms with Crippen molar-refractivity contribution in [3.05, 3.63) is 65.5 Å². The molecule has 0 aromatic heterocycles. The number of alkyl halides is 3. The van der Waals surface area contributed by atoms with Crippen LogP contribution >= 0.6 is 0 Å². The molecule has 3 rings (SSSR count). The Balaban J connectivity index is 1.57. The van der Waals surface area contributed by atoms with Gasteiger partial charge in [0.2, 0.25) is 0 Å². The quantitative estimate of drug-likeness (QED) is 0.834. The minimum atomic E-state index is -4.35. The molecule has 26 heavy (non-hydrogen) atoms. The van der Waals surface area contributed by atoms with E-state index < -0.39 is 17.8 Å². The number of aliphatic hydroxyl groups is 1. The van der Waals surface area contributed by atoms with Gasteiger partial charge in [-0.25, -0.2) is 4.39 Å². The second kappa shape index (κ2) is 7.63. The molecule has 1 aliphatic rings. The van der Waals surface area contributed by atoms with E-state index in [0.29, 0.717) is 44.0 Å². The third-order valence-corrected chi connectivity index (χ3v) is 4.60. The Kier molecular flexibility index (Phi) is 5.48. The van der Waals surface area contributed by atoms with Crippen LogP contribution in [0.2, 0.25) is 0 Å². The molecule has 2 aromatic rings. The summed E-state index contributed by atoms with van der Waals surface area (Å²) >= 11 is 0. The van der Waals surface area contributed by atoms with Crippen molar-refractivity contribution in [2.75, 3.05) is 37.6 Å². The summed E-state index contributed by atoms with van der Waals surface area (Å²) in [6, 6.07) is 11.1. The first-order chi connectivity index (χ1) is 12.3. The average molecular weight is 368 g/mol. The predicted octanol–water partition coefficient (Wildman–Crippen LogP) is 3.70. The number of hydrogen-bond acceptors (Lipinski definition) is 3. The second-order valence-corrected chi connectivity index (χ2v) is 6.40. The van der Waals surface area contributed by atoms with Crippen LogP contribution in [0.1, 0.15) is 17.2 Å². The van der Waals surface area contributed by atoms with Crippen molar-refractivity contribution in [2.24, 2.45) is 0 Å². The second-order valence-electron chi connectivity index (χ2n) is 6.40. The van der Waals surface area contributed by atoms with Gasteiger partial charge in [0.25, 0.3) is 0 Å². The van der Waals surface area contributed by atoms with Gasteiger partial charge < -0.3 is 10.0 Å². The van der Waals surface area contributed by atoms with Crippen LogP contribution in [0.15, 0.2) is 48.5 Å². The van der Waals surface area contributed by atoms with Crippen LogP contribution in [0.25, 0.3) is 0 Å². The number of nitrogens with zero attached hydrogens (tertiary/aromatic N) is 2. The van der Waals surface area contributed by atoms with Gasteiger partial charge in [-0.15, -0.1) is 0 Å². The minimum Gasteiger partial charge on any atom is -0.387 e. The van der Waals surface area contributed by atoms with Crippen molar-refractivity contribution in [1.29, 1.82) is 0 Å². The van der Waals surface area contributed by atoms with Gasteiger partial charge in [0.15, 0.2) is 0 Å². The lowest BCUT2D eigenvalue weighted by Crippen LogP contribution is -2.47. The van der Waals surface area contributed by atoms with Crippen LogP contribution in [0.3, 0.4) is 0 Å². The highest BCUT2D eigenvalue weighted by Crippen LogP contribution is 2.32. The van der Waals surface area contributed by atoms with Gasteiger partial charge >= 0.3 is 6.18 Å². The van der Waals surface area contributed by atoms with Crippen molar-refractivity contribution >= 4 is 5.69 Å². The average Bonchev–Trinajstić information content (AvgIpc) is 2.62. The summed E-state index contributed by atoms with van der Waals surface area (Å²) in [5.74, 6) is -0.351. The van der Waals surface area contributed by atoms with Crippen LogP contribution in [-0.4, -0.2) is 42.7 Å². The number of rotatable bonds is 4. The zero-order chi connectivity index (χ0) is 18.7. The van der Waals surface area contributed by atoms with Crippen LogP contribution < -0.4 is 4.90 Å². The molecular weight excluding hydrogens is 348 g/mol. The molecule has 140 valence electrons. The highest BCUT2D eigenvalue weighted by atomic mass is 19.4. The first-order valence-corrected chi connectivity index (χ1v) is 8.41. The fraction of sp³-hybridized carbons (Fsp3) is 0.368. The third kappa shape index (κ3) is 4.53. The highest BCUT2D eigenvalue weighted by molar-refractivity contribution is 5.49. The lowest BCUT2D eigenvalue weighted by Gasteiger charge is -2.37. The summed E-state index contributed by atoms with van der Waals surface area (Å²) in [5, 5.41) is 10.3. The fourth-order valence-electron chi connectivity index (χ4n) is 3.10. The van der Waals surface area contributed by atoms with Crippen LogP contribution in [-0.2, 0) is 6.18 Å². The van der Waals surface area contributed by atoms with E-state index in [4.69, 9.17) is 0 Å². The van der Waals surface area contributed by atoms with E-state index in [1.807, 2.05) is 4.90 Å². The van der Waals surface area contributed by atoms with Crippen molar-refractivity contribution in [1.82, 2.24) is 4.90 Å². The van der Waals surface area contributed by atoms with Gasteiger partial charge in [-0.1, -0.05) is 18.2 Å². The molecule has 1 atom stereocenters. The molecular formula is C19H20F4N2O. The lowest BCUT2D eigenvalue weighted by molar-refractivity contribution is -0.137. The van der Waals surface area contributed by atoms with E-state index >= 15 is 0 Å². The maximum Gasteiger partial charge on any atom is 0.416 e. The monoisotopic (exact) mass is 368 g/mol. The van der Waals surface area contributed by atoms with Crippen molar-refractivity contribution in [3.8, 4) is 0 Å². The number of piperazine rings is 1. The Morgan fingerprint density at radius 1 is 0.962 bits per heavy atom. The molecule has 1 N–H and O–H groups in total. The van der Waals surface area contributed by atoms with Crippen molar-refractivity contribution in [3.63, 3.8) is 0 Å². The molecule has 3 nitrogen and oxygen atoms in total. The highest BCUT2D eigenvalue weighted by Gasteiger charge is 2.31. The molecule has 1 saturated heterocycles. The maximum atomic E-state index is 12.9. The van der Waals surface area contributed by atoms with Gasteiger partial charge in [-0.3, -0.25) is 4.90 Å². The summed E-state index contributed by atoms with van der Waals surface area (Å²) in [7, 11) is 0. The van der Waals surface area contributed by atoms with E-state index in [9.17, 15) is 22.7 Å².